The third-order valence-corrected chi connectivity index (χ3v) is 7.11. The number of rotatable bonds is 11. The van der Waals surface area contributed by atoms with E-state index in [2.05, 4.69) is 10.6 Å². The molecule has 2 aromatic rings. The summed E-state index contributed by atoms with van der Waals surface area (Å²) in [4.78, 5) is 57.2. The summed E-state index contributed by atoms with van der Waals surface area (Å²) >= 11 is 2.25. The number of thioether (sulfide) groups is 2. The van der Waals surface area contributed by atoms with Crippen molar-refractivity contribution in [2.24, 2.45) is 0 Å². The van der Waals surface area contributed by atoms with Crippen molar-refractivity contribution < 1.29 is 43.8 Å². The average molecular weight is 655 g/mol. The van der Waals surface area contributed by atoms with Crippen LogP contribution >= 0.6 is 23.5 Å². The van der Waals surface area contributed by atoms with Gasteiger partial charge in [-0.15, -0.1) is 23.5 Å². The first kappa shape index (κ1) is 37.8. The highest BCUT2D eigenvalue weighted by Crippen LogP contribution is 2.29. The third-order valence-electron chi connectivity index (χ3n) is 4.77. The van der Waals surface area contributed by atoms with Crippen LogP contribution in [0.3, 0.4) is 0 Å². The van der Waals surface area contributed by atoms with Crippen LogP contribution < -0.4 is 16.4 Å². The molecule has 44 heavy (non-hydrogen) atoms. The number of benzene rings is 2. The Morgan fingerprint density at radius 3 is 1.57 bits per heavy atom. The van der Waals surface area contributed by atoms with E-state index < -0.39 is 52.3 Å². The maximum atomic E-state index is 11.6. The van der Waals surface area contributed by atoms with Crippen LogP contribution in [0.15, 0.2) is 58.3 Å². The van der Waals surface area contributed by atoms with E-state index >= 15 is 0 Å². The van der Waals surface area contributed by atoms with E-state index in [0.29, 0.717) is 10.6 Å². The third kappa shape index (κ3) is 15.3. The smallest absolute Gasteiger partial charge is 0.408 e. The van der Waals surface area contributed by atoms with E-state index in [1.807, 2.05) is 6.07 Å². The van der Waals surface area contributed by atoms with Gasteiger partial charge in [0.25, 0.3) is 5.69 Å². The number of nitro benzene ring substituents is 1. The Morgan fingerprint density at radius 2 is 1.18 bits per heavy atom. The molecule has 0 saturated carbocycles. The van der Waals surface area contributed by atoms with Crippen LogP contribution in [0.5, 0.6) is 0 Å². The molecule has 16 heteroatoms. The van der Waals surface area contributed by atoms with Gasteiger partial charge in [-0.1, -0.05) is 24.3 Å². The Labute approximate surface area is 263 Å². The van der Waals surface area contributed by atoms with Crippen LogP contribution in [0.1, 0.15) is 41.5 Å². The van der Waals surface area contributed by atoms with Gasteiger partial charge < -0.3 is 36.1 Å². The first-order valence-electron chi connectivity index (χ1n) is 13.1. The molecule has 0 fully saturated rings. The first-order chi connectivity index (χ1) is 20.3. The Bertz CT molecular complexity index is 1310. The minimum atomic E-state index is -1.25. The number of nitrogen functional groups attached to an aromatic ring is 1. The summed E-state index contributed by atoms with van der Waals surface area (Å²) in [5.74, 6) is -2.29. The Balaban J connectivity index is 0.000000442. The molecule has 2 aromatic carbocycles. The molecular formula is C28H38N4O10S2. The zero-order valence-electron chi connectivity index (χ0n) is 25.2. The second-order valence-electron chi connectivity index (χ2n) is 11.0. The van der Waals surface area contributed by atoms with Crippen LogP contribution in [0, 0.1) is 10.1 Å². The molecule has 14 nitrogen and oxygen atoms in total. The first-order valence-corrected chi connectivity index (χ1v) is 15.0. The number of amides is 2. The van der Waals surface area contributed by atoms with E-state index in [0.717, 1.165) is 16.7 Å². The van der Waals surface area contributed by atoms with Crippen molar-refractivity contribution in [3.63, 3.8) is 0 Å². The van der Waals surface area contributed by atoms with Gasteiger partial charge in [0.2, 0.25) is 0 Å². The van der Waals surface area contributed by atoms with Crippen molar-refractivity contribution in [1.29, 1.82) is 0 Å². The number of hydrogen-bond acceptors (Lipinski definition) is 11. The quantitative estimate of drug-likeness (QED) is 0.0932. The molecule has 0 unspecified atom stereocenters. The Morgan fingerprint density at radius 1 is 0.795 bits per heavy atom. The van der Waals surface area contributed by atoms with Gasteiger partial charge in [-0.2, -0.15) is 0 Å². The number of alkyl carbamates (subject to hydrolysis) is 2. The highest BCUT2D eigenvalue weighted by atomic mass is 32.2. The summed E-state index contributed by atoms with van der Waals surface area (Å²) in [5.41, 5.74) is 4.82. The van der Waals surface area contributed by atoms with Gasteiger partial charge in [0.15, 0.2) is 0 Å². The fourth-order valence-electron chi connectivity index (χ4n) is 2.94. The van der Waals surface area contributed by atoms with Crippen LogP contribution in [0.2, 0.25) is 0 Å². The van der Waals surface area contributed by atoms with Gasteiger partial charge in [-0.05, 0) is 59.7 Å². The standard InChI is InChI=1S/C14H18N2O6S.C14H20N2O4S/c1-14(2,3)22-13(19)15-9(12(17)18)8-23-11-7-5-4-6-10(11)16(20)21;1-14(2,3)20-13(19)16-10(12(17)18)8-21-11-7-5-4-6-9(11)15/h4-7,9H,8H2,1-3H3,(H,15,19)(H,17,18);4-7,10H,8,15H2,1-3H3,(H,16,19)(H,17,18)/t9-;10-/m00/s1. The largest absolute Gasteiger partial charge is 0.480 e. The predicted molar refractivity (Wildman–Crippen MR) is 167 cm³/mol. The van der Waals surface area contributed by atoms with Crippen LogP contribution in [-0.2, 0) is 19.1 Å². The number of carbonyl (C=O) groups excluding carboxylic acids is 2. The number of nitrogens with two attached hydrogens (primary N) is 1. The van der Waals surface area contributed by atoms with Gasteiger partial charge in [-0.3, -0.25) is 10.1 Å². The second-order valence-corrected chi connectivity index (χ2v) is 13.1. The number of carbonyl (C=O) groups is 4. The van der Waals surface area contributed by atoms with Gasteiger partial charge in [-0.25, -0.2) is 19.2 Å². The molecule has 2 amide bonds. The van der Waals surface area contributed by atoms with Gasteiger partial charge in [0.1, 0.15) is 23.3 Å². The van der Waals surface area contributed by atoms with E-state index in [-0.39, 0.29) is 17.2 Å². The fraction of sp³-hybridized carbons (Fsp3) is 0.429. The number of carboxylic acid groups (broad SMARTS) is 2. The normalized spacial score (nSPS) is 12.4. The highest BCUT2D eigenvalue weighted by molar-refractivity contribution is 7.99. The van der Waals surface area contributed by atoms with Gasteiger partial charge >= 0.3 is 24.1 Å². The molecule has 0 bridgehead atoms. The number of aliphatic carboxylic acids is 2. The topological polar surface area (TPSA) is 220 Å². The lowest BCUT2D eigenvalue weighted by Gasteiger charge is -2.22. The number of para-hydroxylation sites is 2. The van der Waals surface area contributed by atoms with Crippen LogP contribution in [0.25, 0.3) is 0 Å². The monoisotopic (exact) mass is 654 g/mol. The summed E-state index contributed by atoms with van der Waals surface area (Å²) < 4.78 is 10.0. The molecule has 0 saturated heterocycles. The summed E-state index contributed by atoms with van der Waals surface area (Å²) in [6.45, 7) is 10.1. The van der Waals surface area contributed by atoms with Gasteiger partial charge in [0, 0.05) is 28.2 Å². The summed E-state index contributed by atoms with van der Waals surface area (Å²) in [7, 11) is 0. The SMILES string of the molecule is CC(C)(C)OC(=O)N[C@@H](CSc1ccccc1N)C(=O)O.CC(C)(C)OC(=O)N[C@@H](CSc1ccccc1[N+](=O)[O-])C(=O)O. The molecule has 242 valence electrons. The maximum absolute atomic E-state index is 11.6. The summed E-state index contributed by atoms with van der Waals surface area (Å²) in [5, 5.41) is 33.8. The van der Waals surface area contributed by atoms with E-state index in [1.54, 1.807) is 65.8 Å². The molecule has 2 rings (SSSR count). The number of carboxylic acids is 2. The number of anilines is 1. The predicted octanol–water partition coefficient (Wildman–Crippen LogP) is 5.00. The van der Waals surface area contributed by atoms with Crippen LogP contribution in [0.4, 0.5) is 21.0 Å². The van der Waals surface area contributed by atoms with E-state index in [4.69, 9.17) is 25.4 Å². The minimum Gasteiger partial charge on any atom is -0.480 e. The molecule has 0 heterocycles. The second kappa shape index (κ2) is 17.2. The van der Waals surface area contributed by atoms with Crippen LogP contribution in [-0.4, -0.2) is 74.1 Å². The maximum Gasteiger partial charge on any atom is 0.408 e. The summed E-state index contributed by atoms with van der Waals surface area (Å²) in [6.07, 6.45) is -1.61. The van der Waals surface area contributed by atoms with Gasteiger partial charge in [0.05, 0.1) is 9.82 Å². The highest BCUT2D eigenvalue weighted by Gasteiger charge is 2.26. The number of nitrogens with zero attached hydrogens (tertiary/aromatic N) is 1. The Kier molecular flexibility index (Phi) is 14.8. The average Bonchev–Trinajstić information content (AvgIpc) is 2.88. The molecular weight excluding hydrogens is 616 g/mol. The molecule has 0 spiro atoms. The lowest BCUT2D eigenvalue weighted by Crippen LogP contribution is -2.44. The summed E-state index contributed by atoms with van der Waals surface area (Å²) in [6, 6.07) is 10.9. The molecule has 0 aromatic heterocycles. The van der Waals surface area contributed by atoms with Crippen molar-refractivity contribution in [2.75, 3.05) is 17.2 Å². The van der Waals surface area contributed by atoms with E-state index in [9.17, 15) is 29.3 Å². The zero-order valence-corrected chi connectivity index (χ0v) is 26.8. The molecule has 0 aliphatic heterocycles. The van der Waals surface area contributed by atoms with Crippen molar-refractivity contribution >= 4 is 59.0 Å². The fourth-order valence-corrected chi connectivity index (χ4v) is 4.96. The van der Waals surface area contributed by atoms with Crippen molar-refractivity contribution in [3.8, 4) is 0 Å². The molecule has 2 atom stereocenters. The minimum absolute atomic E-state index is 0.0700. The Hall–Kier alpha value is -4.18. The van der Waals surface area contributed by atoms with Crippen molar-refractivity contribution in [1.82, 2.24) is 10.6 Å². The lowest BCUT2D eigenvalue weighted by atomic mass is 10.2. The van der Waals surface area contributed by atoms with E-state index in [1.165, 1.54) is 30.0 Å². The molecule has 6 N–H and O–H groups in total. The zero-order chi connectivity index (χ0) is 33.7. The number of nitro groups is 1. The lowest BCUT2D eigenvalue weighted by molar-refractivity contribution is -0.387. The number of hydrogen-bond donors (Lipinski definition) is 5. The molecule has 0 aliphatic rings. The molecule has 0 aliphatic carbocycles. The number of ether oxygens (including phenoxy) is 2. The van der Waals surface area contributed by atoms with Crippen molar-refractivity contribution in [2.45, 2.75) is 74.6 Å². The molecule has 0 radical (unpaired) electrons. The van der Waals surface area contributed by atoms with Crippen molar-refractivity contribution in [3.05, 3.63) is 58.6 Å². The number of nitrogens with one attached hydrogen (secondary N) is 2.